The molecule has 0 fully saturated rings. The van der Waals surface area contributed by atoms with Crippen molar-refractivity contribution in [2.24, 2.45) is 5.41 Å². The van der Waals surface area contributed by atoms with Crippen molar-refractivity contribution < 1.29 is 4.79 Å². The fourth-order valence-corrected chi connectivity index (χ4v) is 2.24. The average Bonchev–Trinajstić information content (AvgIpc) is 2.33. The van der Waals surface area contributed by atoms with E-state index in [1.807, 2.05) is 30.3 Å². The van der Waals surface area contributed by atoms with Gasteiger partial charge in [0.25, 0.3) is 0 Å². The summed E-state index contributed by atoms with van der Waals surface area (Å²) in [7, 11) is 0. The van der Waals surface area contributed by atoms with E-state index in [4.69, 9.17) is 0 Å². The first-order valence-corrected chi connectivity index (χ1v) is 6.58. The molecule has 18 heavy (non-hydrogen) atoms. The number of nitrogens with one attached hydrogen (secondary N) is 1. The highest BCUT2D eigenvalue weighted by Gasteiger charge is 2.22. The van der Waals surface area contributed by atoms with Crippen LogP contribution in [-0.2, 0) is 11.2 Å². The van der Waals surface area contributed by atoms with Crippen LogP contribution in [0.2, 0.25) is 0 Å². The Hall–Kier alpha value is -1.57. The van der Waals surface area contributed by atoms with Gasteiger partial charge in [0.15, 0.2) is 0 Å². The van der Waals surface area contributed by atoms with Gasteiger partial charge in [-0.25, -0.2) is 0 Å². The minimum absolute atomic E-state index is 0.107. The maximum Gasteiger partial charge on any atom is 0.224 e. The van der Waals surface area contributed by atoms with E-state index < -0.39 is 0 Å². The summed E-state index contributed by atoms with van der Waals surface area (Å²) in [6, 6.07) is 10.1. The van der Waals surface area contributed by atoms with Crippen LogP contribution >= 0.6 is 0 Å². The lowest BCUT2D eigenvalue weighted by molar-refractivity contribution is -0.120. The Bertz CT molecular complexity index is 434. The smallest absolute Gasteiger partial charge is 0.224 e. The second-order valence-electron chi connectivity index (χ2n) is 5.72. The van der Waals surface area contributed by atoms with E-state index in [2.05, 4.69) is 31.3 Å². The number of allylic oxidation sites excluding steroid dienone is 1. The van der Waals surface area contributed by atoms with Crippen molar-refractivity contribution >= 4 is 5.91 Å². The lowest BCUT2D eigenvalue weighted by Gasteiger charge is -2.28. The van der Waals surface area contributed by atoms with Crippen LogP contribution in [0.15, 0.2) is 42.5 Å². The van der Waals surface area contributed by atoms with E-state index in [0.717, 1.165) is 18.4 Å². The molecule has 0 radical (unpaired) electrons. The summed E-state index contributed by atoms with van der Waals surface area (Å²) in [5, 5.41) is 3.08. The van der Waals surface area contributed by atoms with Gasteiger partial charge >= 0.3 is 0 Å². The zero-order valence-corrected chi connectivity index (χ0v) is 11.1. The third kappa shape index (κ3) is 3.73. The maximum atomic E-state index is 11.9. The average molecular weight is 243 g/mol. The summed E-state index contributed by atoms with van der Waals surface area (Å²) in [5.74, 6) is 0.107. The van der Waals surface area contributed by atoms with Crippen LogP contribution in [0.25, 0.3) is 0 Å². The van der Waals surface area contributed by atoms with E-state index in [1.54, 1.807) is 0 Å². The van der Waals surface area contributed by atoms with E-state index in [0.29, 0.717) is 6.42 Å². The Morgan fingerprint density at radius 3 is 2.67 bits per heavy atom. The Morgan fingerprint density at radius 1 is 1.33 bits per heavy atom. The first-order chi connectivity index (χ1) is 8.55. The van der Waals surface area contributed by atoms with Gasteiger partial charge in [0.05, 0.1) is 6.42 Å². The molecular weight excluding hydrogens is 222 g/mol. The number of benzene rings is 1. The van der Waals surface area contributed by atoms with Crippen LogP contribution in [0.3, 0.4) is 0 Å². The SMILES string of the molecule is CC1(C)C=CC(NC(=O)Cc2ccccc2)CC1. The molecule has 2 heteroatoms. The van der Waals surface area contributed by atoms with Crippen LogP contribution in [0.4, 0.5) is 0 Å². The number of carbonyl (C=O) groups is 1. The molecular formula is C16H21NO. The van der Waals surface area contributed by atoms with E-state index in [9.17, 15) is 4.79 Å². The molecule has 1 atom stereocenters. The van der Waals surface area contributed by atoms with Gasteiger partial charge in [0.2, 0.25) is 5.91 Å². The van der Waals surface area contributed by atoms with Gasteiger partial charge in [-0.1, -0.05) is 56.3 Å². The standard InChI is InChI=1S/C16H21NO/c1-16(2)10-8-14(9-11-16)17-15(18)12-13-6-4-3-5-7-13/h3-8,10,14H,9,11-12H2,1-2H3,(H,17,18). The van der Waals surface area contributed by atoms with E-state index in [-0.39, 0.29) is 17.4 Å². The highest BCUT2D eigenvalue weighted by molar-refractivity contribution is 5.79. The second-order valence-corrected chi connectivity index (χ2v) is 5.72. The van der Waals surface area contributed by atoms with Gasteiger partial charge < -0.3 is 5.32 Å². The molecule has 0 saturated heterocycles. The van der Waals surface area contributed by atoms with Gasteiger partial charge in [-0.05, 0) is 23.8 Å². The van der Waals surface area contributed by atoms with Gasteiger partial charge in [0.1, 0.15) is 0 Å². The van der Waals surface area contributed by atoms with Gasteiger partial charge in [-0.3, -0.25) is 4.79 Å². The van der Waals surface area contributed by atoms with Crippen molar-refractivity contribution in [2.75, 3.05) is 0 Å². The molecule has 1 aromatic rings. The number of hydrogen-bond donors (Lipinski definition) is 1. The summed E-state index contributed by atoms with van der Waals surface area (Å²) in [5.41, 5.74) is 1.34. The molecule has 2 nitrogen and oxygen atoms in total. The minimum atomic E-state index is 0.107. The molecule has 0 saturated carbocycles. The summed E-state index contributed by atoms with van der Waals surface area (Å²) in [4.78, 5) is 11.9. The molecule has 1 unspecified atom stereocenters. The van der Waals surface area contributed by atoms with E-state index in [1.165, 1.54) is 0 Å². The normalized spacial score (nSPS) is 21.6. The number of rotatable bonds is 3. The van der Waals surface area contributed by atoms with Crippen LogP contribution in [-0.4, -0.2) is 11.9 Å². The van der Waals surface area contributed by atoms with Gasteiger partial charge in [-0.15, -0.1) is 0 Å². The summed E-state index contributed by atoms with van der Waals surface area (Å²) in [6.07, 6.45) is 6.97. The molecule has 96 valence electrons. The van der Waals surface area contributed by atoms with E-state index >= 15 is 0 Å². The predicted octanol–water partition coefficient (Wildman–Crippen LogP) is 3.09. The quantitative estimate of drug-likeness (QED) is 0.812. The highest BCUT2D eigenvalue weighted by Crippen LogP contribution is 2.29. The van der Waals surface area contributed by atoms with Crippen LogP contribution < -0.4 is 5.32 Å². The molecule has 0 aliphatic heterocycles. The Kier molecular flexibility index (Phi) is 3.85. The van der Waals surface area contributed by atoms with Crippen molar-refractivity contribution in [2.45, 2.75) is 39.2 Å². The summed E-state index contributed by atoms with van der Waals surface area (Å²) >= 11 is 0. The fraction of sp³-hybridized carbons (Fsp3) is 0.438. The molecule has 1 aliphatic rings. The molecule has 1 aliphatic carbocycles. The van der Waals surface area contributed by atoms with Crippen LogP contribution in [0, 0.1) is 5.41 Å². The molecule has 0 spiro atoms. The summed E-state index contributed by atoms with van der Waals surface area (Å²) < 4.78 is 0. The molecule has 1 aromatic carbocycles. The monoisotopic (exact) mass is 243 g/mol. The van der Waals surface area contributed by atoms with Crippen LogP contribution in [0.1, 0.15) is 32.3 Å². The largest absolute Gasteiger partial charge is 0.350 e. The molecule has 1 amide bonds. The number of carbonyl (C=O) groups excluding carboxylic acids is 1. The zero-order valence-electron chi connectivity index (χ0n) is 11.1. The van der Waals surface area contributed by atoms with Crippen molar-refractivity contribution in [1.29, 1.82) is 0 Å². The number of hydrogen-bond acceptors (Lipinski definition) is 1. The first-order valence-electron chi connectivity index (χ1n) is 6.58. The third-order valence-corrected chi connectivity index (χ3v) is 3.43. The Morgan fingerprint density at radius 2 is 2.06 bits per heavy atom. The third-order valence-electron chi connectivity index (χ3n) is 3.43. The lowest BCUT2D eigenvalue weighted by Crippen LogP contribution is -2.37. The van der Waals surface area contributed by atoms with Crippen molar-refractivity contribution in [3.05, 3.63) is 48.0 Å². The fourth-order valence-electron chi connectivity index (χ4n) is 2.24. The first kappa shape index (κ1) is 12.9. The maximum absolute atomic E-state index is 11.9. The lowest BCUT2D eigenvalue weighted by atomic mass is 9.81. The van der Waals surface area contributed by atoms with Crippen LogP contribution in [0.5, 0.6) is 0 Å². The minimum Gasteiger partial charge on any atom is -0.350 e. The Balaban J connectivity index is 1.86. The molecule has 1 N–H and O–H groups in total. The highest BCUT2D eigenvalue weighted by atomic mass is 16.1. The van der Waals surface area contributed by atoms with Gasteiger partial charge in [0, 0.05) is 6.04 Å². The second kappa shape index (κ2) is 5.38. The van der Waals surface area contributed by atoms with Crippen molar-refractivity contribution in [3.63, 3.8) is 0 Å². The number of amides is 1. The summed E-state index contributed by atoms with van der Waals surface area (Å²) in [6.45, 7) is 4.46. The van der Waals surface area contributed by atoms with Crippen molar-refractivity contribution in [3.8, 4) is 0 Å². The molecule has 0 bridgehead atoms. The topological polar surface area (TPSA) is 29.1 Å². The molecule has 0 aromatic heterocycles. The Labute approximate surface area is 109 Å². The molecule has 0 heterocycles. The van der Waals surface area contributed by atoms with Crippen molar-refractivity contribution in [1.82, 2.24) is 5.32 Å². The molecule has 2 rings (SSSR count). The zero-order chi connectivity index (χ0) is 13.0. The van der Waals surface area contributed by atoms with Gasteiger partial charge in [-0.2, -0.15) is 0 Å². The predicted molar refractivity (Wildman–Crippen MR) is 74.2 cm³/mol.